The van der Waals surface area contributed by atoms with E-state index in [1.165, 1.54) is 61.6 Å². The zero-order valence-corrected chi connectivity index (χ0v) is 73.7. The summed E-state index contributed by atoms with van der Waals surface area (Å²) in [5.74, 6) is -15.0. The molecular weight excluding hydrogens is 1760 g/mol. The van der Waals surface area contributed by atoms with Crippen LogP contribution in [0.1, 0.15) is 153 Å². The van der Waals surface area contributed by atoms with Crippen LogP contribution in [0.3, 0.4) is 0 Å². The van der Waals surface area contributed by atoms with E-state index in [4.69, 9.17) is 67.8 Å². The number of amides is 8. The minimum atomic E-state index is -2.42. The number of ether oxygens (including phenoxy) is 7. The highest BCUT2D eigenvalue weighted by Crippen LogP contribution is 2.51. The maximum absolute atomic E-state index is 16.9. The molecule has 710 valence electrons. The second kappa shape index (κ2) is 43.9. The topological polar surface area (TPSA) is 607 Å². The molecule has 39 nitrogen and oxygen atoms in total. The van der Waals surface area contributed by atoms with E-state index >= 15 is 28.8 Å². The minimum absolute atomic E-state index is 0.0825. The second-order valence-electron chi connectivity index (χ2n) is 33.6. The van der Waals surface area contributed by atoms with Crippen molar-refractivity contribution in [2.45, 2.75) is 194 Å². The molecule has 7 aromatic carbocycles. The van der Waals surface area contributed by atoms with Gasteiger partial charge in [0.1, 0.15) is 137 Å². The third-order valence-electron chi connectivity index (χ3n) is 23.7. The van der Waals surface area contributed by atoms with Crippen molar-refractivity contribution in [3.05, 3.63) is 164 Å². The molecule has 8 aliphatic heterocycles. The van der Waals surface area contributed by atoms with Gasteiger partial charge in [-0.15, -0.1) is 0 Å². The van der Waals surface area contributed by atoms with Crippen LogP contribution in [0.15, 0.2) is 115 Å². The fourth-order valence-corrected chi connectivity index (χ4v) is 17.1. The van der Waals surface area contributed by atoms with E-state index in [0.29, 0.717) is 69.9 Å². The average molecular weight is 1870 g/mol. The van der Waals surface area contributed by atoms with Crippen molar-refractivity contribution in [3.63, 3.8) is 0 Å². The summed E-state index contributed by atoms with van der Waals surface area (Å²) < 4.78 is 45.1. The zero-order valence-electron chi connectivity index (χ0n) is 72.2. The highest BCUT2D eigenvalue weighted by Gasteiger charge is 2.50. The number of nitrogens with zero attached hydrogens (tertiary/aromatic N) is 1. The molecule has 8 amide bonds. The molecule has 0 aromatic heterocycles. The lowest BCUT2D eigenvalue weighted by Crippen LogP contribution is -2.65. The number of aliphatic hydroxyl groups is 8. The third-order valence-corrected chi connectivity index (χ3v) is 24.5. The van der Waals surface area contributed by atoms with Gasteiger partial charge in [0.05, 0.1) is 23.3 Å². The van der Waals surface area contributed by atoms with Crippen LogP contribution in [-0.4, -0.2) is 246 Å². The van der Waals surface area contributed by atoms with Gasteiger partial charge in [-0.25, -0.2) is 0 Å². The molecule has 8 heterocycles. The number of nitrogens with two attached hydrogens (primary N) is 2. The van der Waals surface area contributed by atoms with E-state index < -0.39 is 260 Å². The number of likely N-dealkylation sites (N-methyl/N-ethyl adjacent to an activating group) is 1. The molecule has 2 fully saturated rings. The molecule has 2 saturated heterocycles. The molecule has 0 aliphatic carbocycles. The molecular formula is C91H110Cl2N12O27. The van der Waals surface area contributed by atoms with Crippen molar-refractivity contribution in [2.24, 2.45) is 17.4 Å². The molecule has 41 heteroatoms. The Morgan fingerprint density at radius 2 is 1.15 bits per heavy atom. The van der Waals surface area contributed by atoms with E-state index in [1.54, 1.807) is 0 Å². The zero-order chi connectivity index (χ0) is 94.6. The SMILES string of the molecule is CN[C@@H]1C(=O)N[C@@H]2Cc3ccc(cc3)Oc3cc4cc(c3O[C@@H]3O[C@H](CO)[C@@H](O)[C@H](O)[C@H]3NC(=O)CCCCCCCC(C)C)Oc3ccc(cc3Cl)[C@@H](O)[C@@H]3NC(=O)[C@H](NC(=O)[C@@H]4NC(=O)[C@@H](NC2=O)c2cc(cc(O)c2Cl)Oc2cc1ccc2O)c1ccc(O)c(c1)-c1c(O[C@H]2O[C@H](CO)[C@@H](O)[C@H](O)[C@@H]2O)cc(O)cc1[C@H](C(=O)NCCCN(CCCN)CCCN)NC3=O. The first kappa shape index (κ1) is 98.0. The van der Waals surface area contributed by atoms with Crippen LogP contribution in [0.25, 0.3) is 11.1 Å². The van der Waals surface area contributed by atoms with E-state index in [1.807, 2.05) is 0 Å². The largest absolute Gasteiger partial charge is 0.508 e. The van der Waals surface area contributed by atoms with Crippen LogP contribution >= 0.6 is 23.2 Å². The van der Waals surface area contributed by atoms with Crippen molar-refractivity contribution < 1.29 is 133 Å². The molecule has 0 unspecified atom stereocenters. The summed E-state index contributed by atoms with van der Waals surface area (Å²) in [5.41, 5.74) is 9.25. The van der Waals surface area contributed by atoms with Gasteiger partial charge in [0.15, 0.2) is 23.0 Å². The van der Waals surface area contributed by atoms with Crippen LogP contribution in [0.5, 0.6) is 69.0 Å². The van der Waals surface area contributed by atoms with Crippen molar-refractivity contribution in [1.82, 2.24) is 52.8 Å². The van der Waals surface area contributed by atoms with Crippen LogP contribution in [0.4, 0.5) is 0 Å². The number of aromatic hydroxyl groups is 4. The van der Waals surface area contributed by atoms with Gasteiger partial charge < -0.3 is 159 Å². The Morgan fingerprint density at radius 3 is 1.84 bits per heavy atom. The highest BCUT2D eigenvalue weighted by molar-refractivity contribution is 6.33. The van der Waals surface area contributed by atoms with Gasteiger partial charge in [-0.3, -0.25) is 38.4 Å². The molecule has 17 bridgehead atoms. The predicted octanol–water partition coefficient (Wildman–Crippen LogP) is 3.12. The Bertz CT molecular complexity index is 5340. The lowest BCUT2D eigenvalue weighted by atomic mass is 9.89. The number of aliphatic hydroxyl groups excluding tert-OH is 8. The van der Waals surface area contributed by atoms with Gasteiger partial charge in [-0.1, -0.05) is 99.5 Å². The number of rotatable bonds is 27. The van der Waals surface area contributed by atoms with Gasteiger partial charge in [0, 0.05) is 48.2 Å². The van der Waals surface area contributed by atoms with Crippen molar-refractivity contribution in [3.8, 4) is 80.1 Å². The smallest absolute Gasteiger partial charge is 0.248 e. The maximum atomic E-state index is 16.9. The van der Waals surface area contributed by atoms with Crippen LogP contribution < -0.4 is 83.0 Å². The molecule has 0 saturated carbocycles. The van der Waals surface area contributed by atoms with Gasteiger partial charge >= 0.3 is 0 Å². The number of unbranched alkanes of at least 4 members (excludes halogenated alkanes) is 4. The number of carbonyl (C=O) groups excluding carboxylic acids is 8. The first-order valence-corrected chi connectivity index (χ1v) is 44.3. The van der Waals surface area contributed by atoms with Crippen molar-refractivity contribution >= 4 is 70.5 Å². The maximum Gasteiger partial charge on any atom is 0.248 e. The second-order valence-corrected chi connectivity index (χ2v) is 34.4. The summed E-state index contributed by atoms with van der Waals surface area (Å²) in [6.07, 6.45) is -13.9. The average Bonchev–Trinajstić information content (AvgIpc) is 0.759. The Balaban J connectivity index is 1.03. The van der Waals surface area contributed by atoms with Crippen LogP contribution in [0, 0.1) is 5.92 Å². The van der Waals surface area contributed by atoms with Gasteiger partial charge in [-0.05, 0) is 178 Å². The molecule has 8 aliphatic rings. The first-order valence-electron chi connectivity index (χ1n) is 43.6. The lowest BCUT2D eigenvalue weighted by molar-refractivity contribution is -0.277. The number of fused-ring (bicyclic) bond motifs is 14. The Labute approximate surface area is 767 Å². The Hall–Kier alpha value is -11.5. The number of halogens is 2. The molecule has 7 aromatic rings. The van der Waals surface area contributed by atoms with Crippen LogP contribution in [0.2, 0.25) is 10.0 Å². The molecule has 25 N–H and O–H groups in total. The lowest BCUT2D eigenvalue weighted by Gasteiger charge is -2.42. The Morgan fingerprint density at radius 1 is 0.538 bits per heavy atom. The standard InChI is InChI=1S/C91H110Cl2N12O27/c1-42(2)12-7-5-4-6-8-13-66(112)99-75-79(116)77(114)64(40-106)130-90(75)132-82-62-34-47-35-63(82)128-59-23-18-46(32-54(59)92)76(113)74-89(125)103-72(84(120)97-26-11-29-105(27-9-24-94)28-10-25-95)52-36-48(108)37-61(129-91-81(118)80(117)78(115)65(41-107)131-91)67(52)51-31-44(16-21-56(51)109)70(86(122)104-74)100-87(123)71(47)101-88(124)73-53-38-50(39-58(111)68(53)93)127-60-33-45(17-22-57(60)110)69(96-3)85(121)98-55(83(119)102-73)30-43-14-19-49(126-62)20-15-43/h14-23,31-39,42,55,64-65,69-81,90-91,96,106-111,113-118H,4-13,24-30,40-41,94-95H2,1-3H3,(H,97,120)(H,98,121)(H,99,112)(H,100,123)(H,101,124)(H,102,119)(H,103,125)(H,104,122)/t55-,64-,65-,69+,70-,71-,72-,73+,74+,75-,76-,77-,78-,79-,80+,81+,90+,91+/m1/s1. The number of benzene rings is 7. The summed E-state index contributed by atoms with van der Waals surface area (Å²) in [6.45, 7) is 4.47. The van der Waals surface area contributed by atoms with Gasteiger partial charge in [0.2, 0.25) is 65.6 Å². The minimum Gasteiger partial charge on any atom is -0.508 e. The van der Waals surface area contributed by atoms with E-state index in [0.717, 1.165) is 86.3 Å². The highest BCUT2D eigenvalue weighted by atomic mass is 35.5. The number of nitrogens with one attached hydrogen (secondary N) is 9. The normalized spacial score (nSPS) is 25.5. The number of carbonyl (C=O) groups is 8. The summed E-state index contributed by atoms with van der Waals surface area (Å²) in [6, 6.07) is 6.46. The third kappa shape index (κ3) is 22.7. The fraction of sp³-hybridized carbons (Fsp3) is 0.451. The van der Waals surface area contributed by atoms with E-state index in [-0.39, 0.29) is 59.9 Å². The molecule has 15 rings (SSSR count). The monoisotopic (exact) mass is 1870 g/mol. The van der Waals surface area contributed by atoms with Gasteiger partial charge in [-0.2, -0.15) is 0 Å². The molecule has 0 spiro atoms. The fourth-order valence-electron chi connectivity index (χ4n) is 16.6. The Kier molecular flexibility index (Phi) is 32.6. The summed E-state index contributed by atoms with van der Waals surface area (Å²) >= 11 is 14.4. The van der Waals surface area contributed by atoms with E-state index in [9.17, 15) is 70.9 Å². The summed E-state index contributed by atoms with van der Waals surface area (Å²) in [7, 11) is 1.44. The molecule has 18 atom stereocenters. The van der Waals surface area contributed by atoms with Crippen molar-refractivity contribution in [1.29, 1.82) is 0 Å². The first-order chi connectivity index (χ1) is 63.3. The number of phenols is 4. The summed E-state index contributed by atoms with van der Waals surface area (Å²) in [5, 5.41) is 163. The van der Waals surface area contributed by atoms with Gasteiger partial charge in [0.25, 0.3) is 0 Å². The number of hydrogen-bond donors (Lipinski definition) is 23. The van der Waals surface area contributed by atoms with Crippen LogP contribution in [-0.2, 0) is 54.3 Å². The number of hydrogen-bond acceptors (Lipinski definition) is 31. The quantitative estimate of drug-likeness (QED) is 0.0329. The predicted molar refractivity (Wildman–Crippen MR) is 472 cm³/mol. The molecule has 132 heavy (non-hydrogen) atoms. The number of phenolic OH excluding ortho intramolecular Hbond substituents is 4. The summed E-state index contributed by atoms with van der Waals surface area (Å²) in [4.78, 5) is 128. The van der Waals surface area contributed by atoms with E-state index in [2.05, 4.69) is 66.6 Å². The van der Waals surface area contributed by atoms with Crippen molar-refractivity contribution in [2.75, 3.05) is 59.5 Å². The molecule has 0 radical (unpaired) electrons.